The van der Waals surface area contributed by atoms with E-state index in [2.05, 4.69) is 168 Å². The molecule has 0 aliphatic rings. The van der Waals surface area contributed by atoms with Gasteiger partial charge in [0.2, 0.25) is 0 Å². The summed E-state index contributed by atoms with van der Waals surface area (Å²) in [5, 5.41) is 9.26. The molecule has 0 aliphatic carbocycles. The quantitative estimate of drug-likeness (QED) is 0.176. The van der Waals surface area contributed by atoms with Gasteiger partial charge in [-0.25, -0.2) is 15.0 Å². The molecular weight excluding hydrogens is 709 g/mol. The predicted octanol–water partition coefficient (Wildman–Crippen LogP) is 13.8. The van der Waals surface area contributed by atoms with E-state index < -0.39 is 0 Å². The predicted molar refractivity (Wildman–Crippen MR) is 238 cm³/mol. The molecule has 0 unspecified atom stereocenters. The summed E-state index contributed by atoms with van der Waals surface area (Å²) in [6.45, 7) is 0. The third kappa shape index (κ3) is 5.14. The minimum Gasteiger partial charge on any atom is -0.454 e. The Morgan fingerprint density at radius 1 is 0.345 bits per heavy atom. The Labute approximate surface area is 333 Å². The van der Waals surface area contributed by atoms with Gasteiger partial charge >= 0.3 is 0 Å². The van der Waals surface area contributed by atoms with E-state index in [0.29, 0.717) is 17.5 Å². The molecule has 9 aromatic carbocycles. The zero-order chi connectivity index (χ0) is 38.2. The van der Waals surface area contributed by atoms with Gasteiger partial charge in [0.25, 0.3) is 0 Å². The van der Waals surface area contributed by atoms with Crippen molar-refractivity contribution in [3.63, 3.8) is 0 Å². The Bertz CT molecular complexity index is 3570. The van der Waals surface area contributed by atoms with Gasteiger partial charge in [-0.05, 0) is 75.1 Å². The van der Waals surface area contributed by atoms with Gasteiger partial charge in [-0.1, -0.05) is 152 Å². The Balaban J connectivity index is 1.10. The molecular formula is C53H32N4O. The van der Waals surface area contributed by atoms with Crippen LogP contribution in [0.15, 0.2) is 199 Å². The smallest absolute Gasteiger partial charge is 0.164 e. The maximum atomic E-state index is 7.03. The maximum absolute atomic E-state index is 7.03. The van der Waals surface area contributed by atoms with Crippen LogP contribution in [0.3, 0.4) is 0 Å². The molecule has 0 spiro atoms. The third-order valence-corrected chi connectivity index (χ3v) is 11.4. The summed E-state index contributed by atoms with van der Waals surface area (Å²) in [7, 11) is 0. The van der Waals surface area contributed by atoms with Crippen LogP contribution in [0.5, 0.6) is 0 Å². The van der Waals surface area contributed by atoms with Gasteiger partial charge in [-0.3, -0.25) is 0 Å². The molecule has 3 heterocycles. The first-order valence-corrected chi connectivity index (χ1v) is 19.5. The zero-order valence-electron chi connectivity index (χ0n) is 31.2. The van der Waals surface area contributed by atoms with Crippen molar-refractivity contribution in [3.8, 4) is 51.0 Å². The van der Waals surface area contributed by atoms with Gasteiger partial charge in [0.15, 0.2) is 23.1 Å². The first kappa shape index (κ1) is 32.4. The van der Waals surface area contributed by atoms with Crippen LogP contribution >= 0.6 is 0 Å². The van der Waals surface area contributed by atoms with Crippen molar-refractivity contribution in [2.45, 2.75) is 0 Å². The van der Waals surface area contributed by atoms with Crippen molar-refractivity contribution in [3.05, 3.63) is 194 Å². The fourth-order valence-corrected chi connectivity index (χ4v) is 8.64. The van der Waals surface area contributed by atoms with Gasteiger partial charge in [-0.15, -0.1) is 0 Å². The number of benzene rings is 9. The second-order valence-electron chi connectivity index (χ2n) is 14.8. The van der Waals surface area contributed by atoms with Crippen molar-refractivity contribution < 1.29 is 4.42 Å². The molecule has 12 aromatic rings. The molecule has 0 saturated carbocycles. The van der Waals surface area contributed by atoms with Crippen LogP contribution in [0, 0.1) is 0 Å². The molecule has 0 aliphatic heterocycles. The molecule has 5 nitrogen and oxygen atoms in total. The fraction of sp³-hybridized carbons (Fsp3) is 0. The van der Waals surface area contributed by atoms with Gasteiger partial charge < -0.3 is 8.98 Å². The van der Waals surface area contributed by atoms with Crippen LogP contribution in [0.25, 0.3) is 116 Å². The normalized spacial score (nSPS) is 11.8. The van der Waals surface area contributed by atoms with Crippen LogP contribution < -0.4 is 0 Å². The van der Waals surface area contributed by atoms with Crippen LogP contribution in [-0.4, -0.2) is 19.5 Å². The number of fused-ring (bicyclic) bond motifs is 9. The highest BCUT2D eigenvalue weighted by Gasteiger charge is 2.22. The first-order chi connectivity index (χ1) is 28.7. The number of para-hydroxylation sites is 1. The summed E-state index contributed by atoms with van der Waals surface area (Å²) in [6, 6.07) is 68.1. The van der Waals surface area contributed by atoms with Crippen molar-refractivity contribution in [1.82, 2.24) is 19.5 Å². The summed E-state index contributed by atoms with van der Waals surface area (Å²) in [5.74, 6) is 1.82. The number of hydrogen-bond acceptors (Lipinski definition) is 4. The average Bonchev–Trinajstić information content (AvgIpc) is 3.84. The second kappa shape index (κ2) is 12.8. The lowest BCUT2D eigenvalue weighted by Gasteiger charge is -2.12. The minimum atomic E-state index is 0.582. The van der Waals surface area contributed by atoms with E-state index in [-0.39, 0.29) is 0 Å². The van der Waals surface area contributed by atoms with E-state index in [9.17, 15) is 0 Å². The lowest BCUT2D eigenvalue weighted by Crippen LogP contribution is -2.00. The maximum Gasteiger partial charge on any atom is 0.164 e. The summed E-state index contributed by atoms with van der Waals surface area (Å²) in [4.78, 5) is 15.2. The molecule has 58 heavy (non-hydrogen) atoms. The van der Waals surface area contributed by atoms with Gasteiger partial charge in [-0.2, -0.15) is 0 Å². The molecule has 0 atom stereocenters. The molecule has 270 valence electrons. The molecule has 0 radical (unpaired) electrons. The summed E-state index contributed by atoms with van der Waals surface area (Å²) in [5.41, 5.74) is 9.79. The minimum absolute atomic E-state index is 0.582. The van der Waals surface area contributed by atoms with Gasteiger partial charge in [0.1, 0.15) is 5.58 Å². The zero-order valence-corrected chi connectivity index (χ0v) is 31.2. The van der Waals surface area contributed by atoms with Crippen molar-refractivity contribution in [1.29, 1.82) is 0 Å². The van der Waals surface area contributed by atoms with E-state index in [1.54, 1.807) is 0 Å². The number of hydrogen-bond donors (Lipinski definition) is 0. The van der Waals surface area contributed by atoms with E-state index in [0.717, 1.165) is 71.9 Å². The largest absolute Gasteiger partial charge is 0.454 e. The summed E-state index contributed by atoms with van der Waals surface area (Å²) in [6.07, 6.45) is 0. The SMILES string of the molecule is c1ccc(-c2cc(-n3c4ccccc4c4c5ccccc5ccc43)c3oc4cc(-c5nc(-c6ccccc6)nc(-c6ccc7ccccc7c6)n5)ccc4c3c2)cc1. The van der Waals surface area contributed by atoms with E-state index >= 15 is 0 Å². The van der Waals surface area contributed by atoms with Gasteiger partial charge in [0.05, 0.1) is 16.7 Å². The molecule has 3 aromatic heterocycles. The summed E-state index contributed by atoms with van der Waals surface area (Å²) >= 11 is 0. The first-order valence-electron chi connectivity index (χ1n) is 19.5. The fourth-order valence-electron chi connectivity index (χ4n) is 8.64. The topological polar surface area (TPSA) is 56.7 Å². The molecule has 0 bridgehead atoms. The lowest BCUT2D eigenvalue weighted by molar-refractivity contribution is 0.666. The molecule has 12 rings (SSSR count). The van der Waals surface area contributed by atoms with Crippen LogP contribution in [0.4, 0.5) is 0 Å². The van der Waals surface area contributed by atoms with Crippen molar-refractivity contribution >= 4 is 65.3 Å². The molecule has 5 heteroatoms. The number of nitrogens with zero attached hydrogens (tertiary/aromatic N) is 4. The Morgan fingerprint density at radius 3 is 1.74 bits per heavy atom. The average molecular weight is 741 g/mol. The van der Waals surface area contributed by atoms with Crippen LogP contribution in [0.2, 0.25) is 0 Å². The monoisotopic (exact) mass is 740 g/mol. The highest BCUT2D eigenvalue weighted by Crippen LogP contribution is 2.43. The Kier molecular flexibility index (Phi) is 7.16. The molecule has 0 N–H and O–H groups in total. The molecule has 0 amide bonds. The van der Waals surface area contributed by atoms with Crippen LogP contribution in [-0.2, 0) is 0 Å². The standard InChI is InChI=1S/C53H32N4O/c1-3-13-33(14-4-1)40-30-44-42-27-25-39(53-55-51(36-17-5-2-6-18-36)54-52(56-53)38-24-23-34-15-7-8-19-37(34)29-38)32-48(42)58-50(44)47(31-40)57-45-22-12-11-21-43(45)49-41-20-10-9-16-35(41)26-28-46(49)57/h1-32H. The number of rotatable bonds is 5. The Morgan fingerprint density at radius 2 is 0.948 bits per heavy atom. The van der Waals surface area contributed by atoms with E-state index in [1.807, 2.05) is 30.3 Å². The highest BCUT2D eigenvalue weighted by atomic mass is 16.3. The molecule has 0 fully saturated rings. The highest BCUT2D eigenvalue weighted by molar-refractivity contribution is 6.22. The van der Waals surface area contributed by atoms with E-state index in [1.165, 1.54) is 26.9 Å². The number of aromatic nitrogens is 4. The molecule has 0 saturated heterocycles. The van der Waals surface area contributed by atoms with Crippen LogP contribution in [0.1, 0.15) is 0 Å². The van der Waals surface area contributed by atoms with Crippen molar-refractivity contribution in [2.75, 3.05) is 0 Å². The second-order valence-corrected chi connectivity index (χ2v) is 14.8. The van der Waals surface area contributed by atoms with E-state index in [4.69, 9.17) is 19.4 Å². The summed E-state index contributed by atoms with van der Waals surface area (Å²) < 4.78 is 9.41. The third-order valence-electron chi connectivity index (χ3n) is 11.4. The lowest BCUT2D eigenvalue weighted by atomic mass is 10.0. The Hall–Kier alpha value is -7.89. The van der Waals surface area contributed by atoms with Crippen molar-refractivity contribution in [2.24, 2.45) is 0 Å². The van der Waals surface area contributed by atoms with Gasteiger partial charge in [0, 0.05) is 38.2 Å². The number of furan rings is 1.